The van der Waals surface area contributed by atoms with Gasteiger partial charge in [-0.2, -0.15) is 0 Å². The fourth-order valence-electron chi connectivity index (χ4n) is 3.91. The lowest BCUT2D eigenvalue weighted by Gasteiger charge is -2.24. The maximum absolute atomic E-state index is 14.1. The van der Waals surface area contributed by atoms with E-state index in [0.717, 1.165) is 11.1 Å². The number of nitrogens with zero attached hydrogens (tertiary/aromatic N) is 2. The number of nitrogens with one attached hydrogen (secondary N) is 1. The molecule has 0 radical (unpaired) electrons. The molecule has 4 rings (SSSR count). The second-order valence-corrected chi connectivity index (χ2v) is 8.64. The van der Waals surface area contributed by atoms with Crippen LogP contribution in [0.3, 0.4) is 0 Å². The summed E-state index contributed by atoms with van der Waals surface area (Å²) in [6, 6.07) is 22.3. The average molecular weight is 514 g/mol. The van der Waals surface area contributed by atoms with Gasteiger partial charge >= 0.3 is 0 Å². The number of anilines is 1. The number of hydrogen-bond acceptors (Lipinski definition) is 5. The van der Waals surface area contributed by atoms with Gasteiger partial charge in [-0.05, 0) is 65.7 Å². The van der Waals surface area contributed by atoms with Gasteiger partial charge in [0.1, 0.15) is 12.4 Å². The number of carbonyl (C=O) groups excluding carboxylic acids is 2. The van der Waals surface area contributed by atoms with Crippen molar-refractivity contribution in [3.05, 3.63) is 119 Å². The van der Waals surface area contributed by atoms with Crippen LogP contribution in [0.4, 0.5) is 10.1 Å². The van der Waals surface area contributed by atoms with Gasteiger partial charge in [-0.15, -0.1) is 0 Å². The first kappa shape index (κ1) is 26.3. The van der Waals surface area contributed by atoms with Gasteiger partial charge in [0.2, 0.25) is 5.91 Å². The second-order valence-electron chi connectivity index (χ2n) is 8.64. The number of ether oxygens (including phenoxy) is 2. The number of carbonyl (C=O) groups is 2. The molecule has 0 unspecified atom stereocenters. The molecule has 1 heterocycles. The quantitative estimate of drug-likeness (QED) is 0.298. The molecule has 194 valence electrons. The van der Waals surface area contributed by atoms with Crippen molar-refractivity contribution >= 4 is 17.5 Å². The number of rotatable bonds is 10. The average Bonchev–Trinajstić information content (AvgIpc) is 2.92. The molecular formula is C30H28FN3O4. The molecule has 0 atom stereocenters. The molecule has 0 aliphatic rings. The summed E-state index contributed by atoms with van der Waals surface area (Å²) in [5.74, 6) is 0.243. The van der Waals surface area contributed by atoms with Crippen LogP contribution in [0.15, 0.2) is 91.3 Å². The highest BCUT2D eigenvalue weighted by molar-refractivity contribution is 5.95. The van der Waals surface area contributed by atoms with Gasteiger partial charge in [0.25, 0.3) is 5.91 Å². The number of amides is 2. The van der Waals surface area contributed by atoms with Crippen molar-refractivity contribution in [1.29, 1.82) is 0 Å². The second kappa shape index (κ2) is 12.5. The summed E-state index contributed by atoms with van der Waals surface area (Å²) in [7, 11) is 1.54. The molecule has 3 aromatic carbocycles. The normalized spacial score (nSPS) is 10.5. The predicted molar refractivity (Wildman–Crippen MR) is 142 cm³/mol. The molecule has 0 saturated heterocycles. The fraction of sp³-hybridized carbons (Fsp3) is 0.167. The molecule has 1 N–H and O–H groups in total. The maximum Gasteiger partial charge on any atom is 0.254 e. The molecular weight excluding hydrogens is 485 g/mol. The molecule has 0 aliphatic heterocycles. The first-order chi connectivity index (χ1) is 18.4. The number of benzene rings is 3. The fourth-order valence-corrected chi connectivity index (χ4v) is 3.91. The zero-order valence-electron chi connectivity index (χ0n) is 21.2. The molecule has 2 amide bonds. The van der Waals surface area contributed by atoms with E-state index in [1.807, 2.05) is 18.2 Å². The summed E-state index contributed by atoms with van der Waals surface area (Å²) in [5, 5.41) is 2.70. The number of halogens is 1. The number of methoxy groups -OCH3 is 1. The lowest BCUT2D eigenvalue weighted by Crippen LogP contribution is -2.30. The van der Waals surface area contributed by atoms with Crippen LogP contribution in [0.5, 0.6) is 11.5 Å². The van der Waals surface area contributed by atoms with Crippen LogP contribution >= 0.6 is 0 Å². The topological polar surface area (TPSA) is 80.8 Å². The van der Waals surface area contributed by atoms with E-state index in [2.05, 4.69) is 10.3 Å². The Hall–Kier alpha value is -4.72. The summed E-state index contributed by atoms with van der Waals surface area (Å²) >= 11 is 0. The Balaban J connectivity index is 1.58. The maximum atomic E-state index is 14.1. The van der Waals surface area contributed by atoms with Gasteiger partial charge in [0.15, 0.2) is 11.5 Å². The Bertz CT molecular complexity index is 1390. The van der Waals surface area contributed by atoms with Crippen LogP contribution in [0, 0.1) is 5.82 Å². The van der Waals surface area contributed by atoms with Gasteiger partial charge in [0.05, 0.1) is 7.11 Å². The predicted octanol–water partition coefficient (Wildman–Crippen LogP) is 5.61. The lowest BCUT2D eigenvalue weighted by molar-refractivity contribution is -0.114. The third kappa shape index (κ3) is 6.94. The van der Waals surface area contributed by atoms with Crippen LogP contribution < -0.4 is 14.8 Å². The van der Waals surface area contributed by atoms with Crippen molar-refractivity contribution < 1.29 is 23.5 Å². The van der Waals surface area contributed by atoms with Gasteiger partial charge in [0, 0.05) is 49.2 Å². The Morgan fingerprint density at radius 2 is 1.61 bits per heavy atom. The number of pyridine rings is 1. The molecule has 1 aromatic heterocycles. The molecule has 0 aliphatic carbocycles. The summed E-state index contributed by atoms with van der Waals surface area (Å²) < 4.78 is 25.4. The van der Waals surface area contributed by atoms with E-state index in [9.17, 15) is 14.0 Å². The van der Waals surface area contributed by atoms with Crippen molar-refractivity contribution in [3.8, 4) is 11.5 Å². The van der Waals surface area contributed by atoms with E-state index >= 15 is 0 Å². The van der Waals surface area contributed by atoms with Crippen LogP contribution in [-0.2, 0) is 24.5 Å². The number of aromatic nitrogens is 1. The van der Waals surface area contributed by atoms with Crippen LogP contribution in [0.2, 0.25) is 0 Å². The van der Waals surface area contributed by atoms with Crippen LogP contribution in [-0.4, -0.2) is 28.8 Å². The molecule has 0 fully saturated rings. The molecule has 7 nitrogen and oxygen atoms in total. The summed E-state index contributed by atoms with van der Waals surface area (Å²) in [6.07, 6.45) is 3.37. The summed E-state index contributed by atoms with van der Waals surface area (Å²) in [5.41, 5.74) is 3.26. The van der Waals surface area contributed by atoms with Crippen LogP contribution in [0.25, 0.3) is 0 Å². The van der Waals surface area contributed by atoms with E-state index in [1.54, 1.807) is 71.9 Å². The monoisotopic (exact) mass is 513 g/mol. The highest BCUT2D eigenvalue weighted by Crippen LogP contribution is 2.30. The van der Waals surface area contributed by atoms with Crippen molar-refractivity contribution in [2.75, 3.05) is 12.4 Å². The highest BCUT2D eigenvalue weighted by Gasteiger charge is 2.18. The van der Waals surface area contributed by atoms with E-state index in [0.29, 0.717) is 34.9 Å². The van der Waals surface area contributed by atoms with E-state index < -0.39 is 0 Å². The molecule has 0 spiro atoms. The third-order valence-electron chi connectivity index (χ3n) is 5.80. The minimum absolute atomic E-state index is 0.0345. The molecule has 0 saturated carbocycles. The SMILES string of the molecule is COc1ccc(CN(Cc2ccncc2)C(=O)c2ccc(NC(C)=O)cc2)cc1OCc1ccccc1F. The van der Waals surface area contributed by atoms with E-state index in [4.69, 9.17) is 9.47 Å². The van der Waals surface area contributed by atoms with Gasteiger partial charge in [-0.1, -0.05) is 24.3 Å². The van der Waals surface area contributed by atoms with Crippen LogP contribution in [0.1, 0.15) is 34.0 Å². The van der Waals surface area contributed by atoms with E-state index in [1.165, 1.54) is 20.1 Å². The van der Waals surface area contributed by atoms with Gasteiger partial charge in [-0.25, -0.2) is 4.39 Å². The molecule has 38 heavy (non-hydrogen) atoms. The first-order valence-electron chi connectivity index (χ1n) is 12.0. The Kier molecular flexibility index (Phi) is 8.66. The Morgan fingerprint density at radius 3 is 2.29 bits per heavy atom. The van der Waals surface area contributed by atoms with Crippen molar-refractivity contribution in [2.24, 2.45) is 0 Å². The largest absolute Gasteiger partial charge is 0.493 e. The summed E-state index contributed by atoms with van der Waals surface area (Å²) in [4.78, 5) is 30.7. The smallest absolute Gasteiger partial charge is 0.254 e. The molecule has 0 bridgehead atoms. The van der Waals surface area contributed by atoms with Crippen molar-refractivity contribution in [2.45, 2.75) is 26.6 Å². The minimum atomic E-state index is -0.346. The zero-order valence-corrected chi connectivity index (χ0v) is 21.2. The highest BCUT2D eigenvalue weighted by atomic mass is 19.1. The number of hydrogen-bond donors (Lipinski definition) is 1. The summed E-state index contributed by atoms with van der Waals surface area (Å²) in [6.45, 7) is 2.10. The Morgan fingerprint density at radius 1 is 0.895 bits per heavy atom. The Labute approximate surface area is 220 Å². The van der Waals surface area contributed by atoms with E-state index in [-0.39, 0.29) is 30.8 Å². The molecule has 4 aromatic rings. The third-order valence-corrected chi connectivity index (χ3v) is 5.80. The van der Waals surface area contributed by atoms with Crippen molar-refractivity contribution in [3.63, 3.8) is 0 Å². The minimum Gasteiger partial charge on any atom is -0.493 e. The molecule has 8 heteroatoms. The lowest BCUT2D eigenvalue weighted by atomic mass is 10.1. The zero-order chi connectivity index (χ0) is 26.9. The standard InChI is InChI=1S/C30H28FN3O4/c1-21(35)33-26-10-8-24(9-11-26)30(36)34(18-22-13-15-32-16-14-22)19-23-7-12-28(37-2)29(17-23)38-20-25-5-3-4-6-27(25)31/h3-17H,18-20H2,1-2H3,(H,33,35). The first-order valence-corrected chi connectivity index (χ1v) is 12.0. The van der Waals surface area contributed by atoms with Gasteiger partial charge < -0.3 is 19.7 Å². The van der Waals surface area contributed by atoms with Crippen molar-refractivity contribution in [1.82, 2.24) is 9.88 Å². The van der Waals surface area contributed by atoms with Gasteiger partial charge in [-0.3, -0.25) is 14.6 Å².